The Morgan fingerprint density at radius 2 is 1.78 bits per heavy atom. The quantitative estimate of drug-likeness (QED) is 0.786. The number of rotatable bonds is 5. The van der Waals surface area contributed by atoms with E-state index in [1.807, 2.05) is 13.8 Å². The first-order valence-corrected chi connectivity index (χ1v) is 7.05. The standard InChI is InChI=1S/C14H26N2O2/c1-10(2)13(16-11(3)17)14(18)15-9-12-7-5-4-6-8-12/h10,12-13H,4-9H2,1-3H3,(H,15,18)(H,16,17). The average Bonchev–Trinajstić information content (AvgIpc) is 2.34. The summed E-state index contributed by atoms with van der Waals surface area (Å²) in [5.41, 5.74) is 0. The van der Waals surface area contributed by atoms with Crippen molar-refractivity contribution in [1.82, 2.24) is 10.6 Å². The fraction of sp³-hybridized carbons (Fsp3) is 0.857. The van der Waals surface area contributed by atoms with Gasteiger partial charge in [-0.1, -0.05) is 33.1 Å². The Balaban J connectivity index is 2.38. The van der Waals surface area contributed by atoms with Crippen LogP contribution in [0.2, 0.25) is 0 Å². The Labute approximate surface area is 110 Å². The Kier molecular flexibility index (Phi) is 6.16. The highest BCUT2D eigenvalue weighted by Gasteiger charge is 2.23. The van der Waals surface area contributed by atoms with Gasteiger partial charge in [-0.3, -0.25) is 9.59 Å². The molecule has 1 rings (SSSR count). The molecule has 0 aromatic rings. The van der Waals surface area contributed by atoms with Crippen molar-refractivity contribution in [2.75, 3.05) is 6.54 Å². The van der Waals surface area contributed by atoms with Crippen LogP contribution in [0.25, 0.3) is 0 Å². The summed E-state index contributed by atoms with van der Waals surface area (Å²) in [6, 6.07) is -0.411. The van der Waals surface area contributed by atoms with Crippen molar-refractivity contribution in [3.05, 3.63) is 0 Å². The van der Waals surface area contributed by atoms with Crippen LogP contribution in [0.1, 0.15) is 52.9 Å². The van der Waals surface area contributed by atoms with Crippen LogP contribution in [0.5, 0.6) is 0 Å². The molecule has 0 aromatic carbocycles. The van der Waals surface area contributed by atoms with Crippen LogP contribution in [-0.4, -0.2) is 24.4 Å². The lowest BCUT2D eigenvalue weighted by molar-refractivity contribution is -0.129. The molecule has 1 unspecified atom stereocenters. The molecule has 104 valence electrons. The number of nitrogens with one attached hydrogen (secondary N) is 2. The van der Waals surface area contributed by atoms with E-state index >= 15 is 0 Å². The second kappa shape index (κ2) is 7.39. The first kappa shape index (κ1) is 15.0. The van der Waals surface area contributed by atoms with E-state index in [-0.39, 0.29) is 17.7 Å². The smallest absolute Gasteiger partial charge is 0.242 e. The van der Waals surface area contributed by atoms with Crippen molar-refractivity contribution in [3.63, 3.8) is 0 Å². The summed E-state index contributed by atoms with van der Waals surface area (Å²) in [5.74, 6) is 0.528. The molecule has 4 heteroatoms. The fourth-order valence-electron chi connectivity index (χ4n) is 2.50. The van der Waals surface area contributed by atoms with E-state index in [2.05, 4.69) is 10.6 Å². The van der Waals surface area contributed by atoms with Gasteiger partial charge < -0.3 is 10.6 Å². The highest BCUT2D eigenvalue weighted by Crippen LogP contribution is 2.22. The first-order chi connectivity index (χ1) is 8.50. The number of carbonyl (C=O) groups is 2. The lowest BCUT2D eigenvalue weighted by Gasteiger charge is -2.25. The predicted octanol–water partition coefficient (Wildman–Crippen LogP) is 1.84. The van der Waals surface area contributed by atoms with Gasteiger partial charge in [0.05, 0.1) is 0 Å². The number of hydrogen-bond acceptors (Lipinski definition) is 2. The van der Waals surface area contributed by atoms with Crippen LogP contribution in [-0.2, 0) is 9.59 Å². The minimum absolute atomic E-state index is 0.0502. The molecule has 0 aromatic heterocycles. The summed E-state index contributed by atoms with van der Waals surface area (Å²) in [5, 5.41) is 5.70. The second-order valence-electron chi connectivity index (χ2n) is 5.67. The second-order valence-corrected chi connectivity index (χ2v) is 5.67. The molecule has 18 heavy (non-hydrogen) atoms. The van der Waals surface area contributed by atoms with Crippen molar-refractivity contribution in [3.8, 4) is 0 Å². The third kappa shape index (κ3) is 5.07. The summed E-state index contributed by atoms with van der Waals surface area (Å²) in [7, 11) is 0. The molecule has 0 aliphatic heterocycles. The maximum Gasteiger partial charge on any atom is 0.242 e. The summed E-state index contributed by atoms with van der Waals surface area (Å²) >= 11 is 0. The molecular weight excluding hydrogens is 228 g/mol. The minimum atomic E-state index is -0.411. The maximum atomic E-state index is 12.0. The maximum absolute atomic E-state index is 12.0. The zero-order valence-corrected chi connectivity index (χ0v) is 11.8. The number of carbonyl (C=O) groups excluding carboxylic acids is 2. The monoisotopic (exact) mass is 254 g/mol. The van der Waals surface area contributed by atoms with E-state index in [0.29, 0.717) is 5.92 Å². The van der Waals surface area contributed by atoms with Crippen molar-refractivity contribution in [2.45, 2.75) is 58.9 Å². The summed E-state index contributed by atoms with van der Waals surface area (Å²) in [4.78, 5) is 23.1. The van der Waals surface area contributed by atoms with Crippen LogP contribution in [0.4, 0.5) is 0 Å². The molecule has 0 radical (unpaired) electrons. The lowest BCUT2D eigenvalue weighted by Crippen LogP contribution is -2.50. The molecule has 1 aliphatic carbocycles. The molecule has 1 saturated carbocycles. The average molecular weight is 254 g/mol. The molecule has 2 N–H and O–H groups in total. The summed E-state index contributed by atoms with van der Waals surface area (Å²) in [6.07, 6.45) is 6.31. The van der Waals surface area contributed by atoms with Crippen LogP contribution in [0.15, 0.2) is 0 Å². The Morgan fingerprint density at radius 1 is 1.17 bits per heavy atom. The van der Waals surface area contributed by atoms with Gasteiger partial charge in [-0.25, -0.2) is 0 Å². The van der Waals surface area contributed by atoms with Gasteiger partial charge in [-0.05, 0) is 24.7 Å². The van der Waals surface area contributed by atoms with Gasteiger partial charge in [0.2, 0.25) is 11.8 Å². The van der Waals surface area contributed by atoms with Crippen LogP contribution < -0.4 is 10.6 Å². The third-order valence-electron chi connectivity index (χ3n) is 3.60. The molecule has 0 heterocycles. The molecule has 2 amide bonds. The van der Waals surface area contributed by atoms with Crippen molar-refractivity contribution in [2.24, 2.45) is 11.8 Å². The predicted molar refractivity (Wildman–Crippen MR) is 72.0 cm³/mol. The SMILES string of the molecule is CC(=O)NC(C(=O)NCC1CCCCC1)C(C)C. The van der Waals surface area contributed by atoms with Crippen molar-refractivity contribution in [1.29, 1.82) is 0 Å². The third-order valence-corrected chi connectivity index (χ3v) is 3.60. The summed E-state index contributed by atoms with van der Waals surface area (Å²) < 4.78 is 0. The number of amides is 2. The molecule has 1 aliphatic rings. The fourth-order valence-corrected chi connectivity index (χ4v) is 2.50. The van der Waals surface area contributed by atoms with Crippen LogP contribution >= 0.6 is 0 Å². The topological polar surface area (TPSA) is 58.2 Å². The van der Waals surface area contributed by atoms with Gasteiger partial charge in [0, 0.05) is 13.5 Å². The van der Waals surface area contributed by atoms with E-state index in [1.165, 1.54) is 39.0 Å². The molecule has 0 saturated heterocycles. The summed E-state index contributed by atoms with van der Waals surface area (Å²) in [6.45, 7) is 6.09. The highest BCUT2D eigenvalue weighted by molar-refractivity contribution is 5.87. The van der Waals surface area contributed by atoms with E-state index in [9.17, 15) is 9.59 Å². The molecule has 4 nitrogen and oxygen atoms in total. The van der Waals surface area contributed by atoms with Gasteiger partial charge in [0.25, 0.3) is 0 Å². The van der Waals surface area contributed by atoms with E-state index < -0.39 is 6.04 Å². The van der Waals surface area contributed by atoms with Gasteiger partial charge >= 0.3 is 0 Å². The van der Waals surface area contributed by atoms with Crippen molar-refractivity contribution >= 4 is 11.8 Å². The Hall–Kier alpha value is -1.06. The largest absolute Gasteiger partial charge is 0.354 e. The van der Waals surface area contributed by atoms with E-state index in [4.69, 9.17) is 0 Å². The van der Waals surface area contributed by atoms with E-state index in [1.54, 1.807) is 0 Å². The number of hydrogen-bond donors (Lipinski definition) is 2. The normalized spacial score (nSPS) is 18.4. The Morgan fingerprint density at radius 3 is 2.28 bits per heavy atom. The molecular formula is C14H26N2O2. The first-order valence-electron chi connectivity index (χ1n) is 7.05. The van der Waals surface area contributed by atoms with Crippen LogP contribution in [0.3, 0.4) is 0 Å². The zero-order valence-electron chi connectivity index (χ0n) is 11.8. The lowest BCUT2D eigenvalue weighted by atomic mass is 9.89. The van der Waals surface area contributed by atoms with Gasteiger partial charge in [0.1, 0.15) is 6.04 Å². The van der Waals surface area contributed by atoms with Gasteiger partial charge in [0.15, 0.2) is 0 Å². The Bertz CT molecular complexity index is 284. The molecule has 1 atom stereocenters. The van der Waals surface area contributed by atoms with Gasteiger partial charge in [-0.2, -0.15) is 0 Å². The van der Waals surface area contributed by atoms with Crippen LogP contribution in [0, 0.1) is 11.8 Å². The van der Waals surface area contributed by atoms with Crippen molar-refractivity contribution < 1.29 is 9.59 Å². The molecule has 1 fully saturated rings. The molecule has 0 spiro atoms. The highest BCUT2D eigenvalue weighted by atomic mass is 16.2. The zero-order chi connectivity index (χ0) is 13.5. The van der Waals surface area contributed by atoms with Gasteiger partial charge in [-0.15, -0.1) is 0 Å². The van der Waals surface area contributed by atoms with E-state index in [0.717, 1.165) is 6.54 Å². The molecule has 0 bridgehead atoms. The minimum Gasteiger partial charge on any atom is -0.354 e.